The Morgan fingerprint density at radius 1 is 1.14 bits per heavy atom. The molecule has 2 aromatic rings. The molecule has 142 valence electrons. The predicted octanol–water partition coefficient (Wildman–Crippen LogP) is 4.74. The van der Waals surface area contributed by atoms with Crippen LogP contribution in [0.25, 0.3) is 11.3 Å². The van der Waals surface area contributed by atoms with Crippen LogP contribution in [-0.4, -0.2) is 31.5 Å². The first kappa shape index (κ1) is 18.1. The number of fused-ring (bicyclic) bond motifs is 2. The molecule has 0 saturated carbocycles. The minimum atomic E-state index is 0.547. The van der Waals surface area contributed by atoms with Gasteiger partial charge >= 0.3 is 0 Å². The molecule has 0 unspecified atom stereocenters. The third-order valence-electron chi connectivity index (χ3n) is 5.35. The Labute approximate surface area is 165 Å². The molecule has 4 nitrogen and oxygen atoms in total. The van der Waals surface area contributed by atoms with Gasteiger partial charge in [0.05, 0.1) is 12.7 Å². The second-order valence-corrected chi connectivity index (χ2v) is 7.16. The molecule has 0 fully saturated rings. The molecule has 0 saturated heterocycles. The first-order chi connectivity index (χ1) is 13.5. The van der Waals surface area contributed by atoms with E-state index in [1.54, 1.807) is 7.11 Å². The smallest absolute Gasteiger partial charge is 0.136 e. The fourth-order valence-corrected chi connectivity index (χ4v) is 3.79. The van der Waals surface area contributed by atoms with Crippen molar-refractivity contribution in [3.05, 3.63) is 76.1 Å². The summed E-state index contributed by atoms with van der Waals surface area (Å²) in [6.45, 7) is 4.90. The van der Waals surface area contributed by atoms with Crippen LogP contribution in [0, 0.1) is 6.92 Å². The van der Waals surface area contributed by atoms with Crippen LogP contribution in [0.4, 0.5) is 0 Å². The molecular weight excluding hydrogens is 350 g/mol. The number of likely N-dealkylation sites (N-methyl/N-ethyl adjacent to an activating group) is 1. The van der Waals surface area contributed by atoms with Crippen molar-refractivity contribution < 1.29 is 14.3 Å². The fraction of sp³-hybridized carbons (Fsp3) is 0.250. The van der Waals surface area contributed by atoms with Crippen LogP contribution in [0.1, 0.15) is 34.7 Å². The van der Waals surface area contributed by atoms with E-state index in [1.165, 1.54) is 0 Å². The van der Waals surface area contributed by atoms with E-state index in [4.69, 9.17) is 9.47 Å². The highest BCUT2D eigenvalue weighted by molar-refractivity contribution is 6.02. The highest BCUT2D eigenvalue weighted by atomic mass is 16.5. The van der Waals surface area contributed by atoms with Crippen molar-refractivity contribution in [1.29, 1.82) is 0 Å². The highest BCUT2D eigenvalue weighted by Crippen LogP contribution is 2.45. The number of carbonyl (C=O) groups excluding carboxylic acids is 1. The topological polar surface area (TPSA) is 38.8 Å². The fourth-order valence-electron chi connectivity index (χ4n) is 3.79. The summed E-state index contributed by atoms with van der Waals surface area (Å²) in [6.07, 6.45) is 4.94. The number of allylic oxidation sites excluding steroid dienone is 1. The Morgan fingerprint density at radius 3 is 2.64 bits per heavy atom. The summed E-state index contributed by atoms with van der Waals surface area (Å²) in [5.41, 5.74) is 6.51. The molecule has 0 bridgehead atoms. The Bertz CT molecular complexity index is 1070. The van der Waals surface area contributed by atoms with Gasteiger partial charge in [0.2, 0.25) is 0 Å². The van der Waals surface area contributed by atoms with E-state index in [-0.39, 0.29) is 0 Å². The van der Waals surface area contributed by atoms with Crippen LogP contribution >= 0.6 is 0 Å². The summed E-state index contributed by atoms with van der Waals surface area (Å²) in [4.78, 5) is 14.1. The van der Waals surface area contributed by atoms with E-state index in [0.29, 0.717) is 17.1 Å². The van der Waals surface area contributed by atoms with Gasteiger partial charge in [-0.05, 0) is 49.2 Å². The average molecular weight is 373 g/mol. The van der Waals surface area contributed by atoms with Gasteiger partial charge in [-0.15, -0.1) is 0 Å². The molecule has 2 aromatic carbocycles. The zero-order chi connectivity index (χ0) is 19.8. The summed E-state index contributed by atoms with van der Waals surface area (Å²) >= 11 is 0. The van der Waals surface area contributed by atoms with Crippen LogP contribution in [0.5, 0.6) is 11.5 Å². The van der Waals surface area contributed by atoms with E-state index in [0.717, 1.165) is 52.2 Å². The second-order valence-electron chi connectivity index (χ2n) is 7.16. The van der Waals surface area contributed by atoms with Crippen molar-refractivity contribution in [3.63, 3.8) is 0 Å². The summed E-state index contributed by atoms with van der Waals surface area (Å²) < 4.78 is 11.6. The summed E-state index contributed by atoms with van der Waals surface area (Å²) in [7, 11) is 3.73. The first-order valence-corrected chi connectivity index (χ1v) is 9.44. The van der Waals surface area contributed by atoms with Gasteiger partial charge in [-0.1, -0.05) is 18.6 Å². The summed E-state index contributed by atoms with van der Waals surface area (Å²) in [6, 6.07) is 9.98. The van der Waals surface area contributed by atoms with Crippen molar-refractivity contribution in [2.75, 3.05) is 20.7 Å². The maximum Gasteiger partial charge on any atom is 0.136 e. The highest BCUT2D eigenvalue weighted by Gasteiger charge is 2.26. The molecule has 0 aliphatic carbocycles. The van der Waals surface area contributed by atoms with Gasteiger partial charge < -0.3 is 14.4 Å². The monoisotopic (exact) mass is 373 g/mol. The molecule has 0 atom stereocenters. The van der Waals surface area contributed by atoms with Gasteiger partial charge in [0.1, 0.15) is 23.2 Å². The van der Waals surface area contributed by atoms with Crippen molar-refractivity contribution in [2.24, 2.45) is 0 Å². The number of aryl methyl sites for hydroxylation is 2. The van der Waals surface area contributed by atoms with Gasteiger partial charge in [-0.25, -0.2) is 4.79 Å². The van der Waals surface area contributed by atoms with E-state index < -0.39 is 0 Å². The minimum Gasteiger partial charge on any atom is -0.497 e. The quantitative estimate of drug-likeness (QED) is 0.622. The predicted molar refractivity (Wildman–Crippen MR) is 111 cm³/mol. The second kappa shape index (κ2) is 7.06. The zero-order valence-electron chi connectivity index (χ0n) is 16.6. The lowest BCUT2D eigenvalue weighted by Gasteiger charge is -2.29. The average Bonchev–Trinajstić information content (AvgIpc) is 2.71. The van der Waals surface area contributed by atoms with Crippen molar-refractivity contribution in [3.8, 4) is 11.5 Å². The van der Waals surface area contributed by atoms with Crippen LogP contribution in [0.2, 0.25) is 0 Å². The molecule has 0 amide bonds. The number of methoxy groups -OCH3 is 1. The standard InChI is InChI=1S/C24H23NO3/c1-5-16-11-24-20(13-18(16)22-12-17(27-4)8-9-25(22)3)21(14-26)19-10-15(2)6-7-23(19)28-24/h6-8,10-13H,5,9H2,1-4H3. The minimum absolute atomic E-state index is 0.547. The molecular formula is C24H23NO3. The maximum atomic E-state index is 11.9. The molecule has 0 radical (unpaired) electrons. The van der Waals surface area contributed by atoms with Crippen LogP contribution in [-0.2, 0) is 16.0 Å². The number of benzene rings is 2. The number of ether oxygens (including phenoxy) is 2. The normalized spacial score (nSPS) is 15.0. The van der Waals surface area contributed by atoms with Crippen LogP contribution in [0.15, 0.2) is 48.2 Å². The summed E-state index contributed by atoms with van der Waals surface area (Å²) in [5, 5.41) is 0. The van der Waals surface area contributed by atoms with Crippen molar-refractivity contribution in [2.45, 2.75) is 20.3 Å². The molecule has 2 aliphatic heterocycles. The van der Waals surface area contributed by atoms with Crippen molar-refractivity contribution in [1.82, 2.24) is 4.90 Å². The van der Waals surface area contributed by atoms with Gasteiger partial charge in [0, 0.05) is 42.1 Å². The number of hydrogen-bond acceptors (Lipinski definition) is 4. The molecule has 2 aliphatic rings. The molecule has 0 N–H and O–H groups in total. The number of hydrogen-bond donors (Lipinski definition) is 0. The van der Waals surface area contributed by atoms with Gasteiger partial charge in [0.15, 0.2) is 0 Å². The summed E-state index contributed by atoms with van der Waals surface area (Å²) in [5.74, 6) is 4.41. The molecule has 0 aromatic heterocycles. The number of nitrogens with zero attached hydrogens (tertiary/aromatic N) is 1. The molecule has 28 heavy (non-hydrogen) atoms. The lowest BCUT2D eigenvalue weighted by atomic mass is 9.89. The Kier molecular flexibility index (Phi) is 4.58. The van der Waals surface area contributed by atoms with Crippen LogP contribution < -0.4 is 4.74 Å². The Morgan fingerprint density at radius 2 is 1.93 bits per heavy atom. The van der Waals surface area contributed by atoms with E-state index in [1.807, 2.05) is 43.3 Å². The lowest BCUT2D eigenvalue weighted by Crippen LogP contribution is -2.21. The number of rotatable bonds is 3. The lowest BCUT2D eigenvalue weighted by molar-refractivity contribution is 0.299. The molecule has 4 heteroatoms. The SMILES string of the molecule is CCc1cc2c(cc1C1=CC(OC)=CCN1C)C(=C=O)c1cc(C)ccc1O2. The first-order valence-electron chi connectivity index (χ1n) is 9.44. The van der Waals surface area contributed by atoms with Gasteiger partial charge in [-0.2, -0.15) is 0 Å². The largest absolute Gasteiger partial charge is 0.497 e. The Hall–Kier alpha value is -3.23. The van der Waals surface area contributed by atoms with Crippen LogP contribution in [0.3, 0.4) is 0 Å². The zero-order valence-corrected chi connectivity index (χ0v) is 16.6. The van der Waals surface area contributed by atoms with Gasteiger partial charge in [0.25, 0.3) is 0 Å². The third-order valence-corrected chi connectivity index (χ3v) is 5.35. The van der Waals surface area contributed by atoms with Gasteiger partial charge in [-0.3, -0.25) is 0 Å². The molecule has 0 spiro atoms. The van der Waals surface area contributed by atoms with Crippen molar-refractivity contribution >= 4 is 17.2 Å². The maximum absolute atomic E-state index is 11.9. The third kappa shape index (κ3) is 2.92. The molecule has 4 rings (SSSR count). The van der Waals surface area contributed by atoms with E-state index >= 15 is 0 Å². The van der Waals surface area contributed by atoms with E-state index in [2.05, 4.69) is 30.9 Å². The van der Waals surface area contributed by atoms with E-state index in [9.17, 15) is 4.79 Å². The Balaban J connectivity index is 1.92. The molecule has 2 heterocycles.